The molecule has 2 heterocycles. The van der Waals surface area contributed by atoms with Crippen molar-refractivity contribution in [2.75, 3.05) is 19.6 Å². The molecule has 0 amide bonds. The van der Waals surface area contributed by atoms with Gasteiger partial charge in [0.1, 0.15) is 0 Å². The number of hydrogen-bond acceptors (Lipinski definition) is 4. The number of aromatic nitrogens is 1. The normalized spacial score (nSPS) is 18.8. The average Bonchev–Trinajstić information content (AvgIpc) is 3.31. The van der Waals surface area contributed by atoms with Gasteiger partial charge in [-0.2, -0.15) is 8.61 Å². The Morgan fingerprint density at radius 1 is 1.00 bits per heavy atom. The molecular formula is C19H27N3O4S2. The van der Waals surface area contributed by atoms with Gasteiger partial charge < -0.3 is 4.57 Å². The molecule has 0 radical (unpaired) electrons. The zero-order valence-corrected chi connectivity index (χ0v) is 18.1. The summed E-state index contributed by atoms with van der Waals surface area (Å²) in [6.07, 6.45) is 3.47. The van der Waals surface area contributed by atoms with Gasteiger partial charge >= 0.3 is 0 Å². The lowest BCUT2D eigenvalue weighted by molar-refractivity contribution is 0.384. The Hall–Kier alpha value is -1.68. The fourth-order valence-corrected chi connectivity index (χ4v) is 6.90. The first-order valence-corrected chi connectivity index (χ1v) is 12.3. The molecule has 9 heteroatoms. The van der Waals surface area contributed by atoms with Crippen molar-refractivity contribution >= 4 is 20.0 Å². The molecule has 1 aromatic heterocycles. The quantitative estimate of drug-likeness (QED) is 0.683. The second-order valence-corrected chi connectivity index (χ2v) is 10.7. The predicted molar refractivity (Wildman–Crippen MR) is 108 cm³/mol. The fraction of sp³-hybridized carbons (Fsp3) is 0.474. The maximum atomic E-state index is 13.2. The fourth-order valence-electron chi connectivity index (χ4n) is 3.78. The molecule has 7 nitrogen and oxygen atoms in total. The first-order chi connectivity index (χ1) is 13.2. The van der Waals surface area contributed by atoms with Gasteiger partial charge in [-0.15, -0.1) is 0 Å². The van der Waals surface area contributed by atoms with Gasteiger partial charge in [0, 0.05) is 38.6 Å². The second-order valence-electron chi connectivity index (χ2n) is 6.88. The van der Waals surface area contributed by atoms with Crippen LogP contribution in [0.25, 0.3) is 0 Å². The zero-order chi connectivity index (χ0) is 20.5. The maximum absolute atomic E-state index is 13.2. The Kier molecular flexibility index (Phi) is 6.00. The molecule has 0 aliphatic carbocycles. The van der Waals surface area contributed by atoms with Crippen molar-refractivity contribution in [3.63, 3.8) is 0 Å². The Balaban J connectivity index is 1.92. The Labute approximate surface area is 167 Å². The zero-order valence-electron chi connectivity index (χ0n) is 16.4. The molecule has 28 heavy (non-hydrogen) atoms. The van der Waals surface area contributed by atoms with E-state index in [1.807, 2.05) is 29.9 Å². The molecule has 2 aromatic rings. The lowest BCUT2D eigenvalue weighted by atomic mass is 10.1. The summed E-state index contributed by atoms with van der Waals surface area (Å²) in [5, 5.41) is 0. The highest BCUT2D eigenvalue weighted by Gasteiger charge is 2.37. The van der Waals surface area contributed by atoms with Crippen molar-refractivity contribution in [3.8, 4) is 0 Å². The van der Waals surface area contributed by atoms with Crippen molar-refractivity contribution in [1.82, 2.24) is 13.2 Å². The minimum Gasteiger partial charge on any atom is -0.353 e. The molecule has 154 valence electrons. The Morgan fingerprint density at radius 2 is 1.61 bits per heavy atom. The van der Waals surface area contributed by atoms with E-state index in [4.69, 9.17) is 0 Å². The lowest BCUT2D eigenvalue weighted by Crippen LogP contribution is -2.32. The summed E-state index contributed by atoms with van der Waals surface area (Å²) in [5.41, 5.74) is 0.960. The number of benzene rings is 1. The summed E-state index contributed by atoms with van der Waals surface area (Å²) in [5.74, 6) is 0. The van der Waals surface area contributed by atoms with Gasteiger partial charge in [0.05, 0.1) is 15.8 Å². The van der Waals surface area contributed by atoms with Crippen LogP contribution in [-0.4, -0.2) is 49.6 Å². The molecule has 0 saturated carbocycles. The number of aryl methyl sites for hydroxylation is 1. The summed E-state index contributed by atoms with van der Waals surface area (Å²) in [4.78, 5) is 0.225. The summed E-state index contributed by atoms with van der Waals surface area (Å²) in [6.45, 7) is 4.74. The van der Waals surface area contributed by atoms with E-state index in [9.17, 15) is 16.8 Å². The average molecular weight is 426 g/mol. The Bertz CT molecular complexity index is 1020. The van der Waals surface area contributed by atoms with E-state index in [1.54, 1.807) is 13.8 Å². The monoisotopic (exact) mass is 425 g/mol. The van der Waals surface area contributed by atoms with Crippen LogP contribution in [0, 0.1) is 0 Å². The maximum Gasteiger partial charge on any atom is 0.243 e. The van der Waals surface area contributed by atoms with Gasteiger partial charge in [0.15, 0.2) is 0 Å². The van der Waals surface area contributed by atoms with E-state index in [-0.39, 0.29) is 15.8 Å². The van der Waals surface area contributed by atoms with E-state index in [0.717, 1.165) is 18.5 Å². The molecule has 0 unspecified atom stereocenters. The smallest absolute Gasteiger partial charge is 0.243 e. The van der Waals surface area contributed by atoms with E-state index < -0.39 is 20.0 Å². The van der Waals surface area contributed by atoms with E-state index in [1.165, 1.54) is 32.9 Å². The van der Waals surface area contributed by atoms with Crippen LogP contribution in [-0.2, 0) is 27.1 Å². The van der Waals surface area contributed by atoms with Gasteiger partial charge in [0.2, 0.25) is 20.0 Å². The number of nitrogens with zero attached hydrogens (tertiary/aromatic N) is 3. The third-order valence-corrected chi connectivity index (χ3v) is 9.29. The third kappa shape index (κ3) is 3.63. The largest absolute Gasteiger partial charge is 0.353 e. The van der Waals surface area contributed by atoms with E-state index >= 15 is 0 Å². The van der Waals surface area contributed by atoms with Gasteiger partial charge in [0.25, 0.3) is 0 Å². The first-order valence-electron chi connectivity index (χ1n) is 9.46. The highest BCUT2D eigenvalue weighted by atomic mass is 32.2. The van der Waals surface area contributed by atoms with Crippen molar-refractivity contribution < 1.29 is 16.8 Å². The van der Waals surface area contributed by atoms with Crippen molar-refractivity contribution in [2.24, 2.45) is 7.05 Å². The van der Waals surface area contributed by atoms with Crippen LogP contribution in [0.5, 0.6) is 0 Å². The molecular weight excluding hydrogens is 398 g/mol. The van der Waals surface area contributed by atoms with Crippen LogP contribution in [0.3, 0.4) is 0 Å². The molecule has 0 bridgehead atoms. The number of rotatable bonds is 7. The summed E-state index contributed by atoms with van der Waals surface area (Å²) in [7, 11) is -5.42. The van der Waals surface area contributed by atoms with E-state index in [0.29, 0.717) is 19.6 Å². The molecule has 1 aliphatic heterocycles. The SMILES string of the molecule is CCN(CC)S(=O)(=O)c1ccc(S(=O)(=O)N2CCC[C@@H]2c2cccn2C)cc1. The lowest BCUT2D eigenvalue weighted by Gasteiger charge is -2.25. The van der Waals surface area contributed by atoms with Gasteiger partial charge in [-0.05, 0) is 49.2 Å². The minimum atomic E-state index is -3.71. The topological polar surface area (TPSA) is 79.7 Å². The molecule has 0 spiro atoms. The number of sulfonamides is 2. The van der Waals surface area contributed by atoms with Crippen molar-refractivity contribution in [3.05, 3.63) is 48.3 Å². The van der Waals surface area contributed by atoms with Crippen molar-refractivity contribution in [2.45, 2.75) is 42.5 Å². The molecule has 1 fully saturated rings. The molecule has 1 aliphatic rings. The molecule has 0 N–H and O–H groups in total. The summed E-state index contributed by atoms with van der Waals surface area (Å²) in [6, 6.07) is 9.20. The summed E-state index contributed by atoms with van der Waals surface area (Å²) >= 11 is 0. The van der Waals surface area contributed by atoms with Crippen LogP contribution in [0.15, 0.2) is 52.4 Å². The van der Waals surface area contributed by atoms with Crippen LogP contribution < -0.4 is 0 Å². The first kappa shape index (κ1) is 21.0. The molecule has 1 aromatic carbocycles. The highest BCUT2D eigenvalue weighted by Crippen LogP contribution is 2.36. The molecule has 1 atom stereocenters. The minimum absolute atomic E-state index is 0.107. The summed E-state index contributed by atoms with van der Waals surface area (Å²) < 4.78 is 56.5. The van der Waals surface area contributed by atoms with Crippen LogP contribution in [0.1, 0.15) is 38.4 Å². The standard InChI is InChI=1S/C19H27N3O4S2/c1-4-21(5-2)27(23,24)16-10-12-17(13-11-16)28(25,26)22-15-7-9-19(22)18-8-6-14-20(18)3/h6,8,10-14,19H,4-5,7,9,15H2,1-3H3/t19-/m1/s1. The molecule has 1 saturated heterocycles. The van der Waals surface area contributed by atoms with Gasteiger partial charge in [-0.1, -0.05) is 13.8 Å². The van der Waals surface area contributed by atoms with E-state index in [2.05, 4.69) is 0 Å². The number of hydrogen-bond donors (Lipinski definition) is 0. The van der Waals surface area contributed by atoms with Crippen LogP contribution in [0.4, 0.5) is 0 Å². The second kappa shape index (κ2) is 7.98. The van der Waals surface area contributed by atoms with Crippen LogP contribution >= 0.6 is 0 Å². The Morgan fingerprint density at radius 3 is 2.14 bits per heavy atom. The molecule has 3 rings (SSSR count). The highest BCUT2D eigenvalue weighted by molar-refractivity contribution is 7.89. The predicted octanol–water partition coefficient (Wildman–Crippen LogP) is 2.58. The van der Waals surface area contributed by atoms with Crippen LogP contribution in [0.2, 0.25) is 0 Å². The van der Waals surface area contributed by atoms with Gasteiger partial charge in [-0.25, -0.2) is 16.8 Å². The van der Waals surface area contributed by atoms with Crippen molar-refractivity contribution in [1.29, 1.82) is 0 Å². The van der Waals surface area contributed by atoms with Gasteiger partial charge in [-0.3, -0.25) is 0 Å². The third-order valence-electron chi connectivity index (χ3n) is 5.30.